The summed E-state index contributed by atoms with van der Waals surface area (Å²) in [5.41, 5.74) is 1.28. The van der Waals surface area contributed by atoms with Crippen LogP contribution in [0.1, 0.15) is 18.6 Å². The summed E-state index contributed by atoms with van der Waals surface area (Å²) in [6.07, 6.45) is -0.285. The van der Waals surface area contributed by atoms with E-state index in [1.807, 2.05) is 6.92 Å². The second kappa shape index (κ2) is 7.74. The van der Waals surface area contributed by atoms with Gasteiger partial charge in [0, 0.05) is 25.8 Å². The van der Waals surface area contributed by atoms with E-state index in [1.54, 1.807) is 24.3 Å². The highest BCUT2D eigenvalue weighted by Gasteiger charge is 2.20. The van der Waals surface area contributed by atoms with E-state index >= 15 is 0 Å². The van der Waals surface area contributed by atoms with Gasteiger partial charge in [-0.25, -0.2) is 13.2 Å². The summed E-state index contributed by atoms with van der Waals surface area (Å²) in [5, 5.41) is 0. The Balaban J connectivity index is 2.21. The lowest BCUT2D eigenvalue weighted by molar-refractivity contribution is 0.0951. The Bertz CT molecular complexity index is 660. The van der Waals surface area contributed by atoms with E-state index in [-0.39, 0.29) is 11.7 Å². The largest absolute Gasteiger partial charge is 0.577 e. The molecule has 2 aromatic carbocycles. The molecule has 0 saturated carbocycles. The maximum Gasteiger partial charge on any atom is 0.577 e. The van der Waals surface area contributed by atoms with Crippen molar-refractivity contribution in [1.82, 2.24) is 0 Å². The van der Waals surface area contributed by atoms with Crippen molar-refractivity contribution in [2.24, 2.45) is 0 Å². The van der Waals surface area contributed by atoms with Gasteiger partial charge in [-0.2, -0.15) is 0 Å². The van der Waals surface area contributed by atoms with Crippen LogP contribution in [-0.4, -0.2) is 23.7 Å². The van der Waals surface area contributed by atoms with Gasteiger partial charge in [0.15, 0.2) is 11.6 Å². The molecule has 3 nitrogen and oxygen atoms in total. The van der Waals surface area contributed by atoms with Crippen LogP contribution in [-0.2, 0) is 13.3 Å². The predicted octanol–water partition coefficient (Wildman–Crippen LogP) is 4.13. The highest BCUT2D eigenvalue weighted by atomic mass is 28.3. The average molecular weight is 341 g/mol. The van der Waals surface area contributed by atoms with E-state index < -0.39 is 27.0 Å². The molecule has 23 heavy (non-hydrogen) atoms. The third-order valence-electron chi connectivity index (χ3n) is 3.31. The molecule has 7 heteroatoms. The Morgan fingerprint density at radius 1 is 0.870 bits per heavy atom. The van der Waals surface area contributed by atoms with Gasteiger partial charge in [-0.15, -0.1) is 0 Å². The van der Waals surface area contributed by atoms with Gasteiger partial charge < -0.3 is 13.3 Å². The Morgan fingerprint density at radius 2 is 1.43 bits per heavy atom. The summed E-state index contributed by atoms with van der Waals surface area (Å²) in [4.78, 5) is 0. The average Bonchev–Trinajstić information content (AvgIpc) is 2.56. The lowest BCUT2D eigenvalue weighted by Crippen LogP contribution is -2.25. The zero-order valence-corrected chi connectivity index (χ0v) is 13.9. The SMILES string of the molecule is CO[Si](OC)OC(C)c1ccc(-c2cc(F)c(F)cc2F)cc1. The molecule has 1 atom stereocenters. The standard InChI is InChI=1S/C16H16F3O3Si/c1-10(22-23(20-2)21-3)11-4-6-12(7-5-11)13-8-15(18)16(19)9-14(13)17/h4-10H,1-3H3. The van der Waals surface area contributed by atoms with Crippen molar-refractivity contribution in [1.29, 1.82) is 0 Å². The van der Waals surface area contributed by atoms with Crippen LogP contribution in [0, 0.1) is 17.5 Å². The number of benzene rings is 2. The minimum absolute atomic E-state index is 0.00237. The molecule has 0 aliphatic heterocycles. The maximum atomic E-state index is 13.8. The summed E-state index contributed by atoms with van der Waals surface area (Å²) < 4.78 is 55.8. The fourth-order valence-corrected chi connectivity index (χ4v) is 2.85. The zero-order valence-electron chi connectivity index (χ0n) is 12.9. The molecule has 0 aliphatic carbocycles. The molecule has 1 radical (unpaired) electrons. The van der Waals surface area contributed by atoms with Gasteiger partial charge in [-0.05, 0) is 24.1 Å². The Morgan fingerprint density at radius 3 is 2.00 bits per heavy atom. The van der Waals surface area contributed by atoms with Crippen LogP contribution >= 0.6 is 0 Å². The Labute approximate surface area is 134 Å². The van der Waals surface area contributed by atoms with E-state index in [0.717, 1.165) is 11.6 Å². The van der Waals surface area contributed by atoms with Crippen LogP contribution in [0.25, 0.3) is 11.1 Å². The third kappa shape index (κ3) is 4.20. The van der Waals surface area contributed by atoms with Gasteiger partial charge in [0.05, 0.1) is 6.10 Å². The van der Waals surface area contributed by atoms with Crippen LogP contribution in [0.5, 0.6) is 0 Å². The molecule has 0 amide bonds. The van der Waals surface area contributed by atoms with Crippen molar-refractivity contribution in [2.75, 3.05) is 14.2 Å². The number of hydrogen-bond acceptors (Lipinski definition) is 3. The van der Waals surface area contributed by atoms with Gasteiger partial charge in [-0.3, -0.25) is 0 Å². The second-order valence-corrected chi connectivity index (χ2v) is 6.34. The van der Waals surface area contributed by atoms with E-state index in [1.165, 1.54) is 14.2 Å². The van der Waals surface area contributed by atoms with Crippen LogP contribution in [0.3, 0.4) is 0 Å². The summed E-state index contributed by atoms with van der Waals surface area (Å²) >= 11 is 0. The summed E-state index contributed by atoms with van der Waals surface area (Å²) in [7, 11) is 1.20. The first-order valence-corrected chi connectivity index (χ1v) is 8.05. The Hall–Kier alpha value is -1.67. The molecule has 0 spiro atoms. The molecule has 0 aliphatic rings. The first kappa shape index (κ1) is 17.7. The first-order chi connectivity index (χ1) is 11.0. The maximum absolute atomic E-state index is 13.8. The lowest BCUT2D eigenvalue weighted by atomic mass is 10.0. The minimum atomic E-state index is -1.80. The van der Waals surface area contributed by atoms with Gasteiger partial charge in [-0.1, -0.05) is 24.3 Å². The summed E-state index contributed by atoms with van der Waals surface area (Å²) in [6.45, 7) is 1.83. The molecular formula is C16H16F3O3Si. The van der Waals surface area contributed by atoms with Crippen LogP contribution < -0.4 is 0 Å². The van der Waals surface area contributed by atoms with Gasteiger partial charge >= 0.3 is 9.53 Å². The van der Waals surface area contributed by atoms with E-state index in [4.69, 9.17) is 13.3 Å². The molecule has 0 N–H and O–H groups in total. The zero-order chi connectivity index (χ0) is 17.0. The number of halogens is 3. The van der Waals surface area contributed by atoms with Gasteiger partial charge in [0.2, 0.25) is 0 Å². The van der Waals surface area contributed by atoms with Gasteiger partial charge in [0.1, 0.15) is 5.82 Å². The molecule has 123 valence electrons. The van der Waals surface area contributed by atoms with Crippen LogP contribution in [0.4, 0.5) is 13.2 Å². The van der Waals surface area contributed by atoms with Crippen molar-refractivity contribution >= 4 is 9.53 Å². The molecule has 0 fully saturated rings. The summed E-state index contributed by atoms with van der Waals surface area (Å²) in [5.74, 6) is -3.11. The highest BCUT2D eigenvalue weighted by molar-refractivity contribution is 6.36. The molecule has 0 heterocycles. The molecular weight excluding hydrogens is 325 g/mol. The molecule has 2 aromatic rings. The van der Waals surface area contributed by atoms with E-state index in [0.29, 0.717) is 11.6 Å². The predicted molar refractivity (Wildman–Crippen MR) is 81.0 cm³/mol. The fraction of sp³-hybridized carbons (Fsp3) is 0.250. The second-order valence-electron chi connectivity index (χ2n) is 4.79. The first-order valence-electron chi connectivity index (χ1n) is 6.82. The summed E-state index contributed by atoms with van der Waals surface area (Å²) in [6, 6.07) is 8.08. The minimum Gasteiger partial charge on any atom is -0.375 e. The Kier molecular flexibility index (Phi) is 5.95. The third-order valence-corrected chi connectivity index (χ3v) is 4.52. The molecule has 0 bridgehead atoms. The monoisotopic (exact) mass is 341 g/mol. The van der Waals surface area contributed by atoms with Crippen molar-refractivity contribution in [3.63, 3.8) is 0 Å². The highest BCUT2D eigenvalue weighted by Crippen LogP contribution is 2.27. The molecule has 0 aromatic heterocycles. The number of hydrogen-bond donors (Lipinski definition) is 0. The normalized spacial score (nSPS) is 12.7. The molecule has 0 saturated heterocycles. The van der Waals surface area contributed by atoms with E-state index in [2.05, 4.69) is 0 Å². The van der Waals surface area contributed by atoms with Crippen molar-refractivity contribution in [2.45, 2.75) is 13.0 Å². The van der Waals surface area contributed by atoms with Gasteiger partial charge in [0.25, 0.3) is 0 Å². The smallest absolute Gasteiger partial charge is 0.375 e. The van der Waals surface area contributed by atoms with Crippen LogP contribution in [0.2, 0.25) is 0 Å². The van der Waals surface area contributed by atoms with Crippen molar-refractivity contribution < 1.29 is 26.4 Å². The fourth-order valence-electron chi connectivity index (χ4n) is 2.07. The lowest BCUT2D eigenvalue weighted by Gasteiger charge is -2.17. The molecule has 2 rings (SSSR count). The quantitative estimate of drug-likeness (QED) is 0.584. The van der Waals surface area contributed by atoms with Crippen molar-refractivity contribution in [3.05, 3.63) is 59.4 Å². The molecule has 1 unspecified atom stereocenters. The van der Waals surface area contributed by atoms with Crippen LogP contribution in [0.15, 0.2) is 36.4 Å². The van der Waals surface area contributed by atoms with Crippen molar-refractivity contribution in [3.8, 4) is 11.1 Å². The van der Waals surface area contributed by atoms with E-state index in [9.17, 15) is 13.2 Å². The number of rotatable bonds is 6. The topological polar surface area (TPSA) is 27.7 Å².